The average molecular weight is 380 g/mol. The van der Waals surface area contributed by atoms with Crippen molar-refractivity contribution in [2.24, 2.45) is 13.0 Å². The van der Waals surface area contributed by atoms with Crippen LogP contribution in [0.3, 0.4) is 0 Å². The Morgan fingerprint density at radius 2 is 2.00 bits per heavy atom. The minimum Gasteiger partial charge on any atom is -0.361 e. The van der Waals surface area contributed by atoms with Crippen LogP contribution in [0.2, 0.25) is 0 Å². The monoisotopic (exact) mass is 380 g/mol. The summed E-state index contributed by atoms with van der Waals surface area (Å²) in [5.74, 6) is 2.27. The van der Waals surface area contributed by atoms with Crippen molar-refractivity contribution < 1.29 is 4.52 Å². The third kappa shape index (κ3) is 2.16. The van der Waals surface area contributed by atoms with Gasteiger partial charge in [-0.1, -0.05) is 25.9 Å². The van der Waals surface area contributed by atoms with Crippen molar-refractivity contribution in [3.63, 3.8) is 0 Å². The van der Waals surface area contributed by atoms with Crippen LogP contribution >= 0.6 is 0 Å². The van der Waals surface area contributed by atoms with E-state index in [4.69, 9.17) is 14.7 Å². The molecule has 5 rings (SSSR count). The first-order valence-corrected chi connectivity index (χ1v) is 10.2. The largest absolute Gasteiger partial charge is 0.361 e. The zero-order valence-electron chi connectivity index (χ0n) is 17.5. The Hall–Kier alpha value is -2.44. The first-order valence-electron chi connectivity index (χ1n) is 10.2. The highest BCUT2D eigenvalue weighted by molar-refractivity contribution is 5.59. The van der Waals surface area contributed by atoms with E-state index in [9.17, 15) is 0 Å². The first kappa shape index (κ1) is 17.6. The van der Waals surface area contributed by atoms with Gasteiger partial charge < -0.3 is 4.52 Å². The highest BCUT2D eigenvalue weighted by atomic mass is 16.5. The van der Waals surface area contributed by atoms with Gasteiger partial charge >= 0.3 is 0 Å². The van der Waals surface area contributed by atoms with Gasteiger partial charge in [0, 0.05) is 35.0 Å². The zero-order chi connectivity index (χ0) is 19.8. The second-order valence-electron chi connectivity index (χ2n) is 9.53. The summed E-state index contributed by atoms with van der Waals surface area (Å²) in [4.78, 5) is 4.60. The fourth-order valence-electron chi connectivity index (χ4n) is 5.78. The third-order valence-corrected chi connectivity index (χ3v) is 7.05. The molecule has 0 radical (unpaired) electrons. The standard InChI is InChI=1S/C21H28N6O/c1-12(2)27-11-22-19(25-27)16-14-7-8-15-20(3,4)18-13(10-23-28-18)9-21(15,5)17(14)24-26(16)6/h10-12,15H,7-9H2,1-6H3/t15-,21?/m0/s1. The Bertz CT molecular complexity index is 1060. The Morgan fingerprint density at radius 3 is 2.71 bits per heavy atom. The van der Waals surface area contributed by atoms with E-state index in [-0.39, 0.29) is 10.8 Å². The van der Waals surface area contributed by atoms with Crippen LogP contribution in [0.25, 0.3) is 11.5 Å². The summed E-state index contributed by atoms with van der Waals surface area (Å²) >= 11 is 0. The summed E-state index contributed by atoms with van der Waals surface area (Å²) < 4.78 is 9.57. The fraction of sp³-hybridized carbons (Fsp3) is 0.619. The molecule has 7 heteroatoms. The molecule has 0 aliphatic heterocycles. The van der Waals surface area contributed by atoms with Crippen LogP contribution in [0.1, 0.15) is 69.7 Å². The number of hydrogen-bond donors (Lipinski definition) is 0. The summed E-state index contributed by atoms with van der Waals surface area (Å²) in [5.41, 5.74) is 4.66. The molecule has 0 N–H and O–H groups in total. The third-order valence-electron chi connectivity index (χ3n) is 7.05. The Labute approximate surface area is 165 Å². The lowest BCUT2D eigenvalue weighted by atomic mass is 9.51. The molecule has 0 aromatic carbocycles. The molecule has 0 saturated heterocycles. The van der Waals surface area contributed by atoms with Gasteiger partial charge in [0.25, 0.3) is 0 Å². The summed E-state index contributed by atoms with van der Waals surface area (Å²) in [6, 6.07) is 0.290. The molecule has 0 saturated carbocycles. The molecule has 2 aliphatic carbocycles. The van der Waals surface area contributed by atoms with Crippen molar-refractivity contribution in [3.05, 3.63) is 35.1 Å². The topological polar surface area (TPSA) is 74.6 Å². The average Bonchev–Trinajstić information content (AvgIpc) is 3.32. The van der Waals surface area contributed by atoms with Gasteiger partial charge in [-0.2, -0.15) is 5.10 Å². The quantitative estimate of drug-likeness (QED) is 0.679. The predicted molar refractivity (Wildman–Crippen MR) is 105 cm³/mol. The highest BCUT2D eigenvalue weighted by Crippen LogP contribution is 2.56. The number of fused-ring (bicyclic) bond motifs is 4. The van der Waals surface area contributed by atoms with E-state index in [0.717, 1.165) is 36.5 Å². The molecule has 2 aliphatic rings. The van der Waals surface area contributed by atoms with E-state index in [2.05, 4.69) is 44.8 Å². The predicted octanol–water partition coefficient (Wildman–Crippen LogP) is 3.60. The molecule has 7 nitrogen and oxygen atoms in total. The normalized spacial score (nSPS) is 25.5. The maximum absolute atomic E-state index is 5.68. The molecular weight excluding hydrogens is 352 g/mol. The van der Waals surface area contributed by atoms with Gasteiger partial charge in [0.05, 0.1) is 11.9 Å². The molecule has 0 amide bonds. The van der Waals surface area contributed by atoms with Crippen LogP contribution in [0.5, 0.6) is 0 Å². The minimum absolute atomic E-state index is 0.0493. The van der Waals surface area contributed by atoms with Gasteiger partial charge in [0.1, 0.15) is 17.8 Å². The Morgan fingerprint density at radius 1 is 1.21 bits per heavy atom. The molecule has 28 heavy (non-hydrogen) atoms. The van der Waals surface area contributed by atoms with E-state index >= 15 is 0 Å². The maximum atomic E-state index is 5.68. The van der Waals surface area contributed by atoms with Crippen LogP contribution in [-0.4, -0.2) is 29.7 Å². The second kappa shape index (κ2) is 5.55. The number of aryl methyl sites for hydroxylation is 1. The highest BCUT2D eigenvalue weighted by Gasteiger charge is 2.56. The van der Waals surface area contributed by atoms with E-state index in [0.29, 0.717) is 12.0 Å². The summed E-state index contributed by atoms with van der Waals surface area (Å²) in [5, 5.41) is 13.9. The van der Waals surface area contributed by atoms with Crippen molar-refractivity contribution in [1.29, 1.82) is 0 Å². The summed E-state index contributed by atoms with van der Waals surface area (Å²) in [7, 11) is 2.01. The lowest BCUT2D eigenvalue weighted by Crippen LogP contribution is -2.51. The summed E-state index contributed by atoms with van der Waals surface area (Å²) in [6.07, 6.45) is 6.71. The van der Waals surface area contributed by atoms with Crippen LogP contribution in [0.4, 0.5) is 0 Å². The van der Waals surface area contributed by atoms with Gasteiger partial charge in [-0.15, -0.1) is 5.10 Å². The molecule has 3 heterocycles. The van der Waals surface area contributed by atoms with Gasteiger partial charge in [0.2, 0.25) is 0 Å². The van der Waals surface area contributed by atoms with Crippen molar-refractivity contribution >= 4 is 0 Å². The van der Waals surface area contributed by atoms with Gasteiger partial charge in [-0.3, -0.25) is 4.68 Å². The van der Waals surface area contributed by atoms with E-state index in [1.807, 2.05) is 28.9 Å². The molecule has 3 aromatic rings. The van der Waals surface area contributed by atoms with Crippen LogP contribution < -0.4 is 0 Å². The van der Waals surface area contributed by atoms with Crippen molar-refractivity contribution in [2.75, 3.05) is 0 Å². The number of rotatable bonds is 2. The summed E-state index contributed by atoms with van der Waals surface area (Å²) in [6.45, 7) is 11.2. The molecule has 1 unspecified atom stereocenters. The number of aromatic nitrogens is 6. The van der Waals surface area contributed by atoms with E-state index < -0.39 is 0 Å². The van der Waals surface area contributed by atoms with Crippen LogP contribution in [-0.2, 0) is 30.7 Å². The lowest BCUT2D eigenvalue weighted by Gasteiger charge is -2.51. The molecular formula is C21H28N6O. The van der Waals surface area contributed by atoms with E-state index in [1.54, 1.807) is 0 Å². The zero-order valence-corrected chi connectivity index (χ0v) is 17.5. The molecule has 2 atom stereocenters. The smallest absolute Gasteiger partial charge is 0.199 e. The lowest BCUT2D eigenvalue weighted by molar-refractivity contribution is 0.109. The van der Waals surface area contributed by atoms with Crippen molar-refractivity contribution in [2.45, 2.75) is 70.8 Å². The number of hydrogen-bond acceptors (Lipinski definition) is 5. The van der Waals surface area contributed by atoms with Crippen molar-refractivity contribution in [1.82, 2.24) is 29.7 Å². The maximum Gasteiger partial charge on any atom is 0.199 e. The Balaban J connectivity index is 1.66. The SMILES string of the molecule is CC(C)n1cnc(-c2c3c(nn2C)C2(C)Cc4cnoc4C(C)(C)[C@@H]2CC3)n1. The van der Waals surface area contributed by atoms with Crippen molar-refractivity contribution in [3.8, 4) is 11.5 Å². The fourth-order valence-corrected chi connectivity index (χ4v) is 5.78. The van der Waals surface area contributed by atoms with Crippen LogP contribution in [0, 0.1) is 5.92 Å². The van der Waals surface area contributed by atoms with Gasteiger partial charge in [0.15, 0.2) is 5.82 Å². The molecule has 0 spiro atoms. The molecule has 3 aromatic heterocycles. The molecule has 0 bridgehead atoms. The van der Waals surface area contributed by atoms with Gasteiger partial charge in [-0.25, -0.2) is 9.67 Å². The first-order chi connectivity index (χ1) is 13.2. The minimum atomic E-state index is -0.0638. The number of nitrogens with zero attached hydrogens (tertiary/aromatic N) is 6. The molecule has 0 fully saturated rings. The molecule has 148 valence electrons. The van der Waals surface area contributed by atoms with Crippen LogP contribution in [0.15, 0.2) is 17.0 Å². The second-order valence-corrected chi connectivity index (χ2v) is 9.53. The van der Waals surface area contributed by atoms with Gasteiger partial charge in [-0.05, 0) is 39.0 Å². The van der Waals surface area contributed by atoms with E-state index in [1.165, 1.54) is 16.8 Å². The Kier molecular flexibility index (Phi) is 3.50.